The van der Waals surface area contributed by atoms with Crippen LogP contribution in [0.15, 0.2) is 24.3 Å². The summed E-state index contributed by atoms with van der Waals surface area (Å²) in [5, 5.41) is 6.14. The number of nitrogens with one attached hydrogen (secondary N) is 2. The number of benzene rings is 1. The summed E-state index contributed by atoms with van der Waals surface area (Å²) in [5.41, 5.74) is 0.624. The van der Waals surface area contributed by atoms with Crippen LogP contribution in [0.2, 0.25) is 0 Å². The molecule has 2 unspecified atom stereocenters. The van der Waals surface area contributed by atoms with Gasteiger partial charge in [-0.1, -0.05) is 18.2 Å². The molecule has 1 saturated heterocycles. The van der Waals surface area contributed by atoms with E-state index in [9.17, 15) is 9.18 Å². The molecule has 2 atom stereocenters. The van der Waals surface area contributed by atoms with Gasteiger partial charge in [0, 0.05) is 25.0 Å². The molecule has 0 bridgehead atoms. The SMILES string of the molecule is CC(Cc1ccccc1F)NC(=O)CC1COCCN1. The summed E-state index contributed by atoms with van der Waals surface area (Å²) in [7, 11) is 0. The molecule has 20 heavy (non-hydrogen) atoms. The van der Waals surface area contributed by atoms with Crippen molar-refractivity contribution in [1.29, 1.82) is 0 Å². The zero-order valence-corrected chi connectivity index (χ0v) is 11.7. The molecule has 1 fully saturated rings. The van der Waals surface area contributed by atoms with E-state index >= 15 is 0 Å². The molecule has 1 amide bonds. The van der Waals surface area contributed by atoms with Crippen molar-refractivity contribution in [3.63, 3.8) is 0 Å². The summed E-state index contributed by atoms with van der Waals surface area (Å²) in [5.74, 6) is -0.257. The van der Waals surface area contributed by atoms with E-state index < -0.39 is 0 Å². The Kier molecular flexibility index (Phi) is 5.49. The zero-order chi connectivity index (χ0) is 14.4. The maximum absolute atomic E-state index is 13.5. The van der Waals surface area contributed by atoms with E-state index in [-0.39, 0.29) is 23.8 Å². The molecule has 2 N–H and O–H groups in total. The Hall–Kier alpha value is -1.46. The fourth-order valence-corrected chi connectivity index (χ4v) is 2.35. The third-order valence-electron chi connectivity index (χ3n) is 3.32. The number of morpholine rings is 1. The Morgan fingerprint density at radius 2 is 2.35 bits per heavy atom. The van der Waals surface area contributed by atoms with Crippen molar-refractivity contribution in [1.82, 2.24) is 10.6 Å². The molecule has 1 aliphatic heterocycles. The van der Waals surface area contributed by atoms with Crippen LogP contribution < -0.4 is 10.6 Å². The van der Waals surface area contributed by atoms with Gasteiger partial charge in [0.15, 0.2) is 0 Å². The van der Waals surface area contributed by atoms with Gasteiger partial charge in [0.05, 0.1) is 13.2 Å². The van der Waals surface area contributed by atoms with Gasteiger partial charge < -0.3 is 15.4 Å². The van der Waals surface area contributed by atoms with E-state index in [1.807, 2.05) is 6.92 Å². The number of halogens is 1. The largest absolute Gasteiger partial charge is 0.378 e. The normalized spacial score (nSPS) is 20.4. The molecule has 0 aliphatic carbocycles. The van der Waals surface area contributed by atoms with Crippen molar-refractivity contribution in [2.24, 2.45) is 0 Å². The third kappa shape index (κ3) is 4.58. The first-order valence-electron chi connectivity index (χ1n) is 6.99. The number of carbonyl (C=O) groups is 1. The number of hydrogen-bond donors (Lipinski definition) is 2. The van der Waals surface area contributed by atoms with E-state index in [2.05, 4.69) is 10.6 Å². The first-order chi connectivity index (χ1) is 9.65. The van der Waals surface area contributed by atoms with E-state index in [0.717, 1.165) is 6.54 Å². The molecule has 110 valence electrons. The monoisotopic (exact) mass is 280 g/mol. The van der Waals surface area contributed by atoms with E-state index in [4.69, 9.17) is 4.74 Å². The lowest BCUT2D eigenvalue weighted by atomic mass is 10.1. The molecule has 5 heteroatoms. The summed E-state index contributed by atoms with van der Waals surface area (Å²) in [4.78, 5) is 11.9. The Morgan fingerprint density at radius 1 is 1.55 bits per heavy atom. The maximum Gasteiger partial charge on any atom is 0.221 e. The van der Waals surface area contributed by atoms with Gasteiger partial charge in [-0.2, -0.15) is 0 Å². The minimum atomic E-state index is -0.226. The Labute approximate surface area is 118 Å². The van der Waals surface area contributed by atoms with Crippen molar-refractivity contribution in [2.45, 2.75) is 31.8 Å². The second-order valence-corrected chi connectivity index (χ2v) is 5.19. The zero-order valence-electron chi connectivity index (χ0n) is 11.7. The highest BCUT2D eigenvalue weighted by Gasteiger charge is 2.18. The van der Waals surface area contributed by atoms with Gasteiger partial charge in [-0.25, -0.2) is 4.39 Å². The number of carbonyl (C=O) groups excluding carboxylic acids is 1. The summed E-state index contributed by atoms with van der Waals surface area (Å²) >= 11 is 0. The van der Waals surface area contributed by atoms with Crippen LogP contribution in [0, 0.1) is 5.82 Å². The summed E-state index contributed by atoms with van der Waals surface area (Å²) < 4.78 is 18.8. The lowest BCUT2D eigenvalue weighted by Gasteiger charge is -2.24. The van der Waals surface area contributed by atoms with Gasteiger partial charge in [-0.15, -0.1) is 0 Å². The highest BCUT2D eigenvalue weighted by molar-refractivity contribution is 5.76. The van der Waals surface area contributed by atoms with Crippen LogP contribution in [-0.4, -0.2) is 37.7 Å². The van der Waals surface area contributed by atoms with Crippen LogP contribution in [0.5, 0.6) is 0 Å². The lowest BCUT2D eigenvalue weighted by Crippen LogP contribution is -2.45. The van der Waals surface area contributed by atoms with Gasteiger partial charge in [0.1, 0.15) is 5.82 Å². The number of hydrogen-bond acceptors (Lipinski definition) is 3. The molecule has 1 aromatic rings. The number of ether oxygens (including phenoxy) is 1. The number of rotatable bonds is 5. The molecule has 0 radical (unpaired) electrons. The molecule has 0 saturated carbocycles. The molecule has 2 rings (SSSR count). The average molecular weight is 280 g/mol. The summed E-state index contributed by atoms with van der Waals surface area (Å²) in [6, 6.07) is 6.63. The van der Waals surface area contributed by atoms with E-state index in [0.29, 0.717) is 31.6 Å². The second-order valence-electron chi connectivity index (χ2n) is 5.19. The first kappa shape index (κ1) is 14.9. The fraction of sp³-hybridized carbons (Fsp3) is 0.533. The summed E-state index contributed by atoms with van der Waals surface area (Å²) in [6.45, 7) is 3.93. The highest BCUT2D eigenvalue weighted by Crippen LogP contribution is 2.09. The Morgan fingerprint density at radius 3 is 3.05 bits per heavy atom. The lowest BCUT2D eigenvalue weighted by molar-refractivity contribution is -0.122. The molecular formula is C15H21FN2O2. The van der Waals surface area contributed by atoms with Crippen LogP contribution in [0.4, 0.5) is 4.39 Å². The average Bonchev–Trinajstić information content (AvgIpc) is 2.42. The van der Waals surface area contributed by atoms with Gasteiger partial charge in [0.2, 0.25) is 5.91 Å². The molecule has 0 spiro atoms. The molecule has 1 heterocycles. The molecule has 1 aliphatic rings. The molecule has 4 nitrogen and oxygen atoms in total. The van der Waals surface area contributed by atoms with Crippen molar-refractivity contribution >= 4 is 5.91 Å². The third-order valence-corrected chi connectivity index (χ3v) is 3.32. The Bertz CT molecular complexity index is 447. The predicted molar refractivity (Wildman–Crippen MR) is 74.9 cm³/mol. The first-order valence-corrected chi connectivity index (χ1v) is 6.99. The van der Waals surface area contributed by atoms with Gasteiger partial charge >= 0.3 is 0 Å². The van der Waals surface area contributed by atoms with Crippen LogP contribution in [0.3, 0.4) is 0 Å². The fourth-order valence-electron chi connectivity index (χ4n) is 2.35. The van der Waals surface area contributed by atoms with Gasteiger partial charge in [-0.3, -0.25) is 4.79 Å². The highest BCUT2D eigenvalue weighted by atomic mass is 19.1. The smallest absolute Gasteiger partial charge is 0.221 e. The standard InChI is InChI=1S/C15H21FN2O2/c1-11(8-12-4-2-3-5-14(12)16)18-15(19)9-13-10-20-7-6-17-13/h2-5,11,13,17H,6-10H2,1H3,(H,18,19). The van der Waals surface area contributed by atoms with Crippen molar-refractivity contribution in [2.75, 3.05) is 19.8 Å². The number of amides is 1. The van der Waals surface area contributed by atoms with Crippen LogP contribution in [0.1, 0.15) is 18.9 Å². The van der Waals surface area contributed by atoms with Gasteiger partial charge in [0.25, 0.3) is 0 Å². The van der Waals surface area contributed by atoms with E-state index in [1.165, 1.54) is 6.07 Å². The van der Waals surface area contributed by atoms with Crippen LogP contribution in [-0.2, 0) is 16.0 Å². The minimum absolute atomic E-state index is 0.0307. The molecule has 0 aromatic heterocycles. The van der Waals surface area contributed by atoms with Crippen LogP contribution >= 0.6 is 0 Å². The van der Waals surface area contributed by atoms with E-state index in [1.54, 1.807) is 18.2 Å². The topological polar surface area (TPSA) is 50.4 Å². The second kappa shape index (κ2) is 7.36. The van der Waals surface area contributed by atoms with Crippen molar-refractivity contribution < 1.29 is 13.9 Å². The van der Waals surface area contributed by atoms with Crippen LogP contribution in [0.25, 0.3) is 0 Å². The molecular weight excluding hydrogens is 259 g/mol. The minimum Gasteiger partial charge on any atom is -0.378 e. The Balaban J connectivity index is 1.77. The van der Waals surface area contributed by atoms with Crippen molar-refractivity contribution in [3.05, 3.63) is 35.6 Å². The predicted octanol–water partition coefficient (Wildman–Crippen LogP) is 1.25. The quantitative estimate of drug-likeness (QED) is 0.853. The van der Waals surface area contributed by atoms with Gasteiger partial charge in [-0.05, 0) is 25.0 Å². The maximum atomic E-state index is 13.5. The summed E-state index contributed by atoms with van der Waals surface area (Å²) in [6.07, 6.45) is 0.884. The van der Waals surface area contributed by atoms with Crippen molar-refractivity contribution in [3.8, 4) is 0 Å². The molecule has 1 aromatic carbocycles.